The zero-order valence-corrected chi connectivity index (χ0v) is 13.5. The highest BCUT2D eigenvalue weighted by Gasteiger charge is 2.13. The van der Waals surface area contributed by atoms with Gasteiger partial charge in [-0.05, 0) is 46.3 Å². The molecule has 0 saturated carbocycles. The van der Waals surface area contributed by atoms with Gasteiger partial charge in [-0.1, -0.05) is 11.6 Å². The lowest BCUT2D eigenvalue weighted by Gasteiger charge is -2.09. The summed E-state index contributed by atoms with van der Waals surface area (Å²) in [5, 5.41) is 0.671. The van der Waals surface area contributed by atoms with Crippen LogP contribution in [0.1, 0.15) is 5.82 Å². The summed E-state index contributed by atoms with van der Waals surface area (Å²) in [6, 6.07) is 9.57. The van der Waals surface area contributed by atoms with Crippen molar-refractivity contribution < 1.29 is 0 Å². The van der Waals surface area contributed by atoms with Crippen LogP contribution >= 0.6 is 39.1 Å². The number of fused-ring (bicyclic) bond motifs is 1. The second kappa shape index (κ2) is 5.72. The molecule has 0 aliphatic carbocycles. The standard InChI is InChI=1S/C14H10BrCl2N3/c15-10-8-9(3-4-11(10)17)20-13(5-6-16)19-12-2-1-7-18-14(12)20/h1-4,7-8H,5-6H2. The average Bonchev–Trinajstić information content (AvgIpc) is 2.80. The molecule has 0 aliphatic rings. The molecule has 0 radical (unpaired) electrons. The minimum Gasteiger partial charge on any atom is -0.281 e. The Hall–Kier alpha value is -1.10. The van der Waals surface area contributed by atoms with Crippen LogP contribution in [0.2, 0.25) is 5.02 Å². The van der Waals surface area contributed by atoms with Crippen molar-refractivity contribution in [2.45, 2.75) is 6.42 Å². The molecule has 0 aliphatic heterocycles. The van der Waals surface area contributed by atoms with E-state index in [0.717, 1.165) is 27.1 Å². The van der Waals surface area contributed by atoms with Gasteiger partial charge in [0.15, 0.2) is 5.65 Å². The van der Waals surface area contributed by atoms with Crippen molar-refractivity contribution in [2.75, 3.05) is 5.88 Å². The van der Waals surface area contributed by atoms with Crippen molar-refractivity contribution in [3.05, 3.63) is 51.8 Å². The molecule has 6 heteroatoms. The molecule has 1 aromatic carbocycles. The Morgan fingerprint density at radius 2 is 2.10 bits per heavy atom. The van der Waals surface area contributed by atoms with Gasteiger partial charge in [-0.15, -0.1) is 11.6 Å². The van der Waals surface area contributed by atoms with E-state index in [1.54, 1.807) is 6.20 Å². The highest BCUT2D eigenvalue weighted by Crippen LogP contribution is 2.27. The van der Waals surface area contributed by atoms with Crippen LogP contribution < -0.4 is 0 Å². The van der Waals surface area contributed by atoms with Gasteiger partial charge < -0.3 is 0 Å². The molecule has 3 aromatic rings. The van der Waals surface area contributed by atoms with Crippen molar-refractivity contribution in [1.29, 1.82) is 0 Å². The zero-order chi connectivity index (χ0) is 14.1. The molecule has 102 valence electrons. The third-order valence-corrected chi connectivity index (χ3v) is 4.37. The summed E-state index contributed by atoms with van der Waals surface area (Å²) in [4.78, 5) is 9.02. The van der Waals surface area contributed by atoms with E-state index in [2.05, 4.69) is 25.9 Å². The van der Waals surface area contributed by atoms with E-state index in [9.17, 15) is 0 Å². The van der Waals surface area contributed by atoms with Crippen LogP contribution in [0.4, 0.5) is 0 Å². The Kier molecular flexibility index (Phi) is 3.96. The summed E-state index contributed by atoms with van der Waals surface area (Å²) in [5.74, 6) is 1.40. The number of rotatable bonds is 3. The molecular formula is C14H10BrCl2N3. The molecule has 0 unspecified atom stereocenters. The van der Waals surface area contributed by atoms with Crippen LogP contribution in [0, 0.1) is 0 Å². The quantitative estimate of drug-likeness (QED) is 0.630. The number of halogens is 3. The van der Waals surface area contributed by atoms with Gasteiger partial charge in [-0.2, -0.15) is 0 Å². The van der Waals surface area contributed by atoms with Gasteiger partial charge in [0.05, 0.1) is 10.7 Å². The lowest BCUT2D eigenvalue weighted by Crippen LogP contribution is -2.03. The first-order valence-electron chi connectivity index (χ1n) is 6.04. The maximum absolute atomic E-state index is 6.05. The largest absolute Gasteiger partial charge is 0.281 e. The van der Waals surface area contributed by atoms with E-state index in [1.807, 2.05) is 34.9 Å². The first-order valence-corrected chi connectivity index (χ1v) is 7.75. The number of benzene rings is 1. The Morgan fingerprint density at radius 3 is 2.85 bits per heavy atom. The molecule has 20 heavy (non-hydrogen) atoms. The minimum absolute atomic E-state index is 0.512. The lowest BCUT2D eigenvalue weighted by molar-refractivity contribution is 0.905. The Morgan fingerprint density at radius 1 is 1.25 bits per heavy atom. The summed E-state index contributed by atoms with van der Waals surface area (Å²) >= 11 is 15.4. The fourth-order valence-electron chi connectivity index (χ4n) is 2.11. The second-order valence-electron chi connectivity index (χ2n) is 4.25. The number of alkyl halides is 1. The first kappa shape index (κ1) is 13.9. The van der Waals surface area contributed by atoms with Gasteiger partial charge in [0, 0.05) is 23.0 Å². The molecule has 3 nitrogen and oxygen atoms in total. The molecule has 0 bridgehead atoms. The summed E-state index contributed by atoms with van der Waals surface area (Å²) < 4.78 is 2.85. The lowest BCUT2D eigenvalue weighted by atomic mass is 10.3. The predicted octanol–water partition coefficient (Wildman–Crippen LogP) is 4.62. The first-order chi connectivity index (χ1) is 9.70. The molecular weight excluding hydrogens is 361 g/mol. The van der Waals surface area contributed by atoms with E-state index in [-0.39, 0.29) is 0 Å². The minimum atomic E-state index is 0.512. The van der Waals surface area contributed by atoms with Crippen LogP contribution in [-0.2, 0) is 6.42 Å². The van der Waals surface area contributed by atoms with Crippen LogP contribution in [0.5, 0.6) is 0 Å². The van der Waals surface area contributed by atoms with Gasteiger partial charge >= 0.3 is 0 Å². The summed E-state index contributed by atoms with van der Waals surface area (Å²) in [6.45, 7) is 0. The predicted molar refractivity (Wildman–Crippen MR) is 86.0 cm³/mol. The van der Waals surface area contributed by atoms with Crippen LogP contribution in [0.3, 0.4) is 0 Å². The van der Waals surface area contributed by atoms with Gasteiger partial charge in [0.25, 0.3) is 0 Å². The maximum atomic E-state index is 6.05. The molecule has 0 spiro atoms. The summed E-state index contributed by atoms with van der Waals surface area (Å²) in [6.07, 6.45) is 2.44. The zero-order valence-electron chi connectivity index (χ0n) is 10.4. The number of imidazole rings is 1. The van der Waals surface area contributed by atoms with E-state index in [4.69, 9.17) is 23.2 Å². The highest BCUT2D eigenvalue weighted by molar-refractivity contribution is 9.10. The number of hydrogen-bond donors (Lipinski definition) is 0. The van der Waals surface area contributed by atoms with E-state index < -0.39 is 0 Å². The number of aryl methyl sites for hydroxylation is 1. The third kappa shape index (κ3) is 2.43. The summed E-state index contributed by atoms with van der Waals surface area (Å²) in [5.41, 5.74) is 2.64. The van der Waals surface area contributed by atoms with Crippen molar-refractivity contribution in [1.82, 2.24) is 14.5 Å². The number of pyridine rings is 1. The fraction of sp³-hybridized carbons (Fsp3) is 0.143. The van der Waals surface area contributed by atoms with Crippen molar-refractivity contribution in [3.63, 3.8) is 0 Å². The monoisotopic (exact) mass is 369 g/mol. The fourth-order valence-corrected chi connectivity index (χ4v) is 2.76. The Bertz CT molecular complexity index is 770. The van der Waals surface area contributed by atoms with E-state index >= 15 is 0 Å². The molecule has 2 heterocycles. The molecule has 0 N–H and O–H groups in total. The molecule has 0 atom stereocenters. The van der Waals surface area contributed by atoms with Gasteiger partial charge in [-0.3, -0.25) is 4.57 Å². The smallest absolute Gasteiger partial charge is 0.164 e. The van der Waals surface area contributed by atoms with Crippen LogP contribution in [0.15, 0.2) is 41.0 Å². The molecule has 0 amide bonds. The molecule has 0 saturated heterocycles. The van der Waals surface area contributed by atoms with Gasteiger partial charge in [0.1, 0.15) is 11.3 Å². The maximum Gasteiger partial charge on any atom is 0.164 e. The Labute approximate surface area is 134 Å². The van der Waals surface area contributed by atoms with E-state index in [0.29, 0.717) is 17.3 Å². The molecule has 0 fully saturated rings. The van der Waals surface area contributed by atoms with Gasteiger partial charge in [-0.25, -0.2) is 9.97 Å². The van der Waals surface area contributed by atoms with E-state index in [1.165, 1.54) is 0 Å². The average molecular weight is 371 g/mol. The normalized spacial score (nSPS) is 11.2. The van der Waals surface area contributed by atoms with Crippen LogP contribution in [-0.4, -0.2) is 20.4 Å². The number of hydrogen-bond acceptors (Lipinski definition) is 2. The topological polar surface area (TPSA) is 30.7 Å². The van der Waals surface area contributed by atoms with Crippen molar-refractivity contribution in [3.8, 4) is 5.69 Å². The second-order valence-corrected chi connectivity index (χ2v) is 5.89. The van der Waals surface area contributed by atoms with Gasteiger partial charge in [0.2, 0.25) is 0 Å². The number of nitrogens with zero attached hydrogens (tertiary/aromatic N) is 3. The van der Waals surface area contributed by atoms with Crippen molar-refractivity contribution in [2.24, 2.45) is 0 Å². The third-order valence-electron chi connectivity index (χ3n) is 2.96. The van der Waals surface area contributed by atoms with Crippen LogP contribution in [0.25, 0.3) is 16.9 Å². The highest BCUT2D eigenvalue weighted by atomic mass is 79.9. The molecule has 3 rings (SSSR count). The SMILES string of the molecule is ClCCc1nc2cccnc2n1-c1ccc(Cl)c(Br)c1. The Balaban J connectivity index is 2.26. The number of aromatic nitrogens is 3. The summed E-state index contributed by atoms with van der Waals surface area (Å²) in [7, 11) is 0. The van der Waals surface area contributed by atoms with Crippen molar-refractivity contribution >= 4 is 50.3 Å². The molecule has 2 aromatic heterocycles.